The van der Waals surface area contributed by atoms with Crippen LogP contribution in [0.25, 0.3) is 5.82 Å². The number of nitrogens with zero attached hydrogens (tertiary/aromatic N) is 5. The molecule has 6 heteroatoms. The summed E-state index contributed by atoms with van der Waals surface area (Å²) in [7, 11) is 0. The van der Waals surface area contributed by atoms with Gasteiger partial charge in [-0.05, 0) is 38.3 Å². The first-order valence-electron chi connectivity index (χ1n) is 11.1. The number of hydrogen-bond donors (Lipinski definition) is 0. The minimum absolute atomic E-state index is 0.341. The van der Waals surface area contributed by atoms with E-state index in [4.69, 9.17) is 5.10 Å². The van der Waals surface area contributed by atoms with Crippen molar-refractivity contribution in [2.75, 3.05) is 31.1 Å². The van der Waals surface area contributed by atoms with Crippen molar-refractivity contribution >= 4 is 11.6 Å². The third-order valence-electron chi connectivity index (χ3n) is 6.56. The molecule has 1 saturated heterocycles. The Labute approximate surface area is 173 Å². The molecule has 0 aromatic carbocycles. The van der Waals surface area contributed by atoms with Crippen LogP contribution >= 0.6 is 0 Å². The molecule has 0 unspecified atom stereocenters. The standard InChI is InChI=1S/C23H33N5O/c1-18-23(19(2)28(25-18)21-10-6-7-13-24-21)27-16-14-26(15-17-27)22(29)12-11-20-8-4-3-5-9-20/h6-7,10,13,20H,3-5,8-9,11-12,14-17H2,1-2H3. The van der Waals surface area contributed by atoms with E-state index < -0.39 is 0 Å². The fourth-order valence-corrected chi connectivity index (χ4v) is 4.94. The van der Waals surface area contributed by atoms with E-state index in [0.717, 1.165) is 62.1 Å². The van der Waals surface area contributed by atoms with E-state index in [1.165, 1.54) is 37.8 Å². The lowest BCUT2D eigenvalue weighted by Gasteiger charge is -2.36. The maximum Gasteiger partial charge on any atom is 0.222 e. The first kappa shape index (κ1) is 19.9. The molecule has 29 heavy (non-hydrogen) atoms. The molecule has 0 radical (unpaired) electrons. The molecule has 156 valence electrons. The lowest BCUT2D eigenvalue weighted by atomic mass is 9.86. The Morgan fingerprint density at radius 2 is 1.83 bits per heavy atom. The summed E-state index contributed by atoms with van der Waals surface area (Å²) in [6.07, 6.45) is 10.3. The Bertz CT molecular complexity index is 817. The number of aryl methyl sites for hydroxylation is 1. The molecule has 2 aromatic heterocycles. The van der Waals surface area contributed by atoms with Gasteiger partial charge in [0.25, 0.3) is 0 Å². The third kappa shape index (κ3) is 4.46. The SMILES string of the molecule is Cc1nn(-c2ccccn2)c(C)c1N1CCN(C(=O)CCC2CCCCC2)CC1. The Kier molecular flexibility index (Phi) is 6.16. The fourth-order valence-electron chi connectivity index (χ4n) is 4.94. The van der Waals surface area contributed by atoms with E-state index in [0.29, 0.717) is 5.91 Å². The first-order chi connectivity index (χ1) is 14.1. The van der Waals surface area contributed by atoms with Gasteiger partial charge in [0, 0.05) is 38.8 Å². The van der Waals surface area contributed by atoms with E-state index in [1.807, 2.05) is 22.9 Å². The summed E-state index contributed by atoms with van der Waals surface area (Å²) in [5.41, 5.74) is 3.31. The number of pyridine rings is 1. The highest BCUT2D eigenvalue weighted by Gasteiger charge is 2.26. The van der Waals surface area contributed by atoms with Crippen molar-refractivity contribution in [2.24, 2.45) is 5.92 Å². The van der Waals surface area contributed by atoms with Gasteiger partial charge in [0.1, 0.15) is 0 Å². The lowest BCUT2D eigenvalue weighted by Crippen LogP contribution is -2.49. The van der Waals surface area contributed by atoms with Gasteiger partial charge in [0.15, 0.2) is 5.82 Å². The molecule has 1 saturated carbocycles. The van der Waals surface area contributed by atoms with Crippen LogP contribution < -0.4 is 4.90 Å². The van der Waals surface area contributed by atoms with Crippen LogP contribution in [-0.4, -0.2) is 51.8 Å². The molecule has 0 bridgehead atoms. The smallest absolute Gasteiger partial charge is 0.222 e. The number of aromatic nitrogens is 3. The van der Waals surface area contributed by atoms with E-state index >= 15 is 0 Å². The number of hydrogen-bond acceptors (Lipinski definition) is 4. The third-order valence-corrected chi connectivity index (χ3v) is 6.56. The van der Waals surface area contributed by atoms with Crippen molar-refractivity contribution in [1.29, 1.82) is 0 Å². The number of anilines is 1. The predicted octanol–water partition coefficient (Wildman–Crippen LogP) is 3.89. The van der Waals surface area contributed by atoms with Gasteiger partial charge in [-0.1, -0.05) is 38.2 Å². The summed E-state index contributed by atoms with van der Waals surface area (Å²) < 4.78 is 1.92. The van der Waals surface area contributed by atoms with Crippen LogP contribution in [0.2, 0.25) is 0 Å². The fraction of sp³-hybridized carbons (Fsp3) is 0.609. The molecule has 2 aliphatic rings. The molecule has 2 aromatic rings. The maximum absolute atomic E-state index is 12.7. The van der Waals surface area contributed by atoms with Gasteiger partial charge in [-0.15, -0.1) is 0 Å². The largest absolute Gasteiger partial charge is 0.365 e. The maximum atomic E-state index is 12.7. The zero-order valence-corrected chi connectivity index (χ0v) is 17.8. The summed E-state index contributed by atoms with van der Waals surface area (Å²) in [5.74, 6) is 1.96. The Morgan fingerprint density at radius 1 is 1.07 bits per heavy atom. The van der Waals surface area contributed by atoms with Gasteiger partial charge in [0.2, 0.25) is 5.91 Å². The molecule has 4 rings (SSSR count). The molecule has 0 N–H and O–H groups in total. The van der Waals surface area contributed by atoms with Crippen LogP contribution in [0.15, 0.2) is 24.4 Å². The highest BCUT2D eigenvalue weighted by Crippen LogP contribution is 2.29. The summed E-state index contributed by atoms with van der Waals surface area (Å²) in [6, 6.07) is 5.88. The zero-order valence-electron chi connectivity index (χ0n) is 17.8. The molecule has 1 aliphatic heterocycles. The normalized spacial score (nSPS) is 18.3. The van der Waals surface area contributed by atoms with Crippen LogP contribution in [-0.2, 0) is 4.79 Å². The topological polar surface area (TPSA) is 54.3 Å². The van der Waals surface area contributed by atoms with Gasteiger partial charge in [-0.2, -0.15) is 5.10 Å². The Balaban J connectivity index is 1.35. The van der Waals surface area contributed by atoms with Crippen molar-refractivity contribution in [1.82, 2.24) is 19.7 Å². The molecule has 2 fully saturated rings. The van der Waals surface area contributed by atoms with Gasteiger partial charge >= 0.3 is 0 Å². The van der Waals surface area contributed by atoms with Gasteiger partial charge in [0.05, 0.1) is 17.1 Å². The number of piperazine rings is 1. The average Bonchev–Trinajstić information content (AvgIpc) is 3.07. The van der Waals surface area contributed by atoms with Crippen LogP contribution in [0, 0.1) is 19.8 Å². The number of amides is 1. The van der Waals surface area contributed by atoms with Gasteiger partial charge in [-0.25, -0.2) is 9.67 Å². The number of carbonyl (C=O) groups is 1. The monoisotopic (exact) mass is 395 g/mol. The second kappa shape index (κ2) is 8.97. The average molecular weight is 396 g/mol. The molecular weight excluding hydrogens is 362 g/mol. The van der Waals surface area contributed by atoms with E-state index in [2.05, 4.69) is 28.6 Å². The van der Waals surface area contributed by atoms with Crippen LogP contribution in [0.4, 0.5) is 5.69 Å². The zero-order chi connectivity index (χ0) is 20.2. The lowest BCUT2D eigenvalue weighted by molar-refractivity contribution is -0.131. The first-order valence-corrected chi connectivity index (χ1v) is 11.1. The van der Waals surface area contributed by atoms with Crippen LogP contribution in [0.1, 0.15) is 56.3 Å². The van der Waals surface area contributed by atoms with E-state index in [9.17, 15) is 4.79 Å². The Morgan fingerprint density at radius 3 is 2.52 bits per heavy atom. The quantitative estimate of drug-likeness (QED) is 0.771. The second-order valence-electron chi connectivity index (χ2n) is 8.53. The summed E-state index contributed by atoms with van der Waals surface area (Å²) in [6.45, 7) is 7.50. The van der Waals surface area contributed by atoms with Crippen LogP contribution in [0.3, 0.4) is 0 Å². The minimum Gasteiger partial charge on any atom is -0.365 e. The highest BCUT2D eigenvalue weighted by molar-refractivity contribution is 5.76. The van der Waals surface area contributed by atoms with Crippen molar-refractivity contribution in [2.45, 2.75) is 58.8 Å². The van der Waals surface area contributed by atoms with Crippen molar-refractivity contribution in [3.8, 4) is 5.82 Å². The summed E-state index contributed by atoms with van der Waals surface area (Å²) in [4.78, 5) is 21.6. The predicted molar refractivity (Wildman–Crippen MR) is 115 cm³/mol. The van der Waals surface area contributed by atoms with E-state index in [1.54, 1.807) is 6.20 Å². The minimum atomic E-state index is 0.341. The van der Waals surface area contributed by atoms with Crippen molar-refractivity contribution in [3.05, 3.63) is 35.8 Å². The molecular formula is C23H33N5O. The summed E-state index contributed by atoms with van der Waals surface area (Å²) >= 11 is 0. The highest BCUT2D eigenvalue weighted by atomic mass is 16.2. The molecule has 6 nitrogen and oxygen atoms in total. The Hall–Kier alpha value is -2.37. The molecule has 3 heterocycles. The summed E-state index contributed by atoms with van der Waals surface area (Å²) in [5, 5.41) is 4.72. The molecule has 1 aliphatic carbocycles. The number of rotatable bonds is 5. The second-order valence-corrected chi connectivity index (χ2v) is 8.53. The van der Waals surface area contributed by atoms with Crippen molar-refractivity contribution < 1.29 is 4.79 Å². The number of carbonyl (C=O) groups excluding carboxylic acids is 1. The van der Waals surface area contributed by atoms with Crippen LogP contribution in [0.5, 0.6) is 0 Å². The van der Waals surface area contributed by atoms with Crippen molar-refractivity contribution in [3.63, 3.8) is 0 Å². The molecule has 0 spiro atoms. The molecule has 1 amide bonds. The molecule has 0 atom stereocenters. The van der Waals surface area contributed by atoms with Gasteiger partial charge < -0.3 is 9.80 Å². The van der Waals surface area contributed by atoms with Gasteiger partial charge in [-0.3, -0.25) is 4.79 Å². The van der Waals surface area contributed by atoms with E-state index in [-0.39, 0.29) is 0 Å².